The molecule has 2 aliphatic heterocycles. The fourth-order valence-electron chi connectivity index (χ4n) is 3.96. The molecular weight excluding hydrogens is 356 g/mol. The van der Waals surface area contributed by atoms with Crippen LogP contribution in [0.5, 0.6) is 0 Å². The molecule has 1 fully saturated rings. The smallest absolute Gasteiger partial charge is 0.291 e. The van der Waals surface area contributed by atoms with Gasteiger partial charge < -0.3 is 14.8 Å². The second-order valence-electron chi connectivity index (χ2n) is 7.43. The molecule has 1 saturated heterocycles. The van der Waals surface area contributed by atoms with Crippen molar-refractivity contribution in [1.29, 1.82) is 0 Å². The second-order valence-corrected chi connectivity index (χ2v) is 7.43. The lowest BCUT2D eigenvalue weighted by Crippen LogP contribution is -2.29. The van der Waals surface area contributed by atoms with Crippen molar-refractivity contribution in [1.82, 2.24) is 14.5 Å². The molecule has 0 spiro atoms. The fourth-order valence-corrected chi connectivity index (χ4v) is 3.96. The number of hydrogen-bond donors (Lipinski definition) is 1. The van der Waals surface area contributed by atoms with Crippen molar-refractivity contribution in [3.63, 3.8) is 0 Å². The number of nitrogens with one attached hydrogen (secondary N) is 1. The number of ketones is 1. The van der Waals surface area contributed by atoms with Gasteiger partial charge in [0.15, 0.2) is 11.6 Å². The first kappa shape index (κ1) is 18.4. The number of benzene rings is 1. The van der Waals surface area contributed by atoms with Gasteiger partial charge in [0, 0.05) is 30.9 Å². The minimum absolute atomic E-state index is 0.0622. The topological polar surface area (TPSA) is 84.3 Å². The van der Waals surface area contributed by atoms with Gasteiger partial charge >= 0.3 is 0 Å². The Kier molecular flexibility index (Phi) is 4.98. The van der Waals surface area contributed by atoms with E-state index in [0.29, 0.717) is 23.5 Å². The van der Waals surface area contributed by atoms with E-state index in [0.717, 1.165) is 50.9 Å². The molecule has 7 heteroatoms. The summed E-state index contributed by atoms with van der Waals surface area (Å²) in [4.78, 5) is 43.7. The number of carbonyl (C=O) groups excluding carboxylic acids is 3. The summed E-state index contributed by atoms with van der Waals surface area (Å²) in [7, 11) is 0. The van der Waals surface area contributed by atoms with Crippen LogP contribution >= 0.6 is 0 Å². The number of fused-ring (bicyclic) bond motifs is 1. The number of nitrogens with zero attached hydrogens (tertiary/aromatic N) is 3. The van der Waals surface area contributed by atoms with E-state index in [1.807, 2.05) is 9.47 Å². The Hall–Kier alpha value is -2.96. The lowest BCUT2D eigenvalue weighted by atomic mass is 10.1. The van der Waals surface area contributed by atoms with Gasteiger partial charge in [0.1, 0.15) is 5.69 Å². The molecule has 1 N–H and O–H groups in total. The molecule has 0 atom stereocenters. The summed E-state index contributed by atoms with van der Waals surface area (Å²) in [6.45, 7) is 3.68. The van der Waals surface area contributed by atoms with Gasteiger partial charge in [-0.2, -0.15) is 0 Å². The first-order valence-electron chi connectivity index (χ1n) is 9.85. The van der Waals surface area contributed by atoms with E-state index in [1.54, 1.807) is 24.3 Å². The number of amides is 2. The lowest BCUT2D eigenvalue weighted by molar-refractivity contribution is 0.0785. The van der Waals surface area contributed by atoms with Crippen LogP contribution in [0, 0.1) is 0 Å². The molecule has 0 bridgehead atoms. The molecule has 0 unspecified atom stereocenters. The zero-order valence-corrected chi connectivity index (χ0v) is 16.0. The zero-order valence-electron chi connectivity index (χ0n) is 16.0. The number of rotatable bonds is 4. The number of hydrogen-bond acceptors (Lipinski definition) is 4. The number of anilines is 1. The SMILES string of the molecule is CC(=O)c1cccc(NC(=O)c2nc(C(=O)N3CCCC3)c3n2CCCC3)c1. The average Bonchev–Trinajstić information content (AvgIpc) is 3.36. The Morgan fingerprint density at radius 2 is 1.79 bits per heavy atom. The van der Waals surface area contributed by atoms with Crippen molar-refractivity contribution in [3.05, 3.63) is 47.0 Å². The van der Waals surface area contributed by atoms with Crippen molar-refractivity contribution < 1.29 is 14.4 Å². The minimum Gasteiger partial charge on any atom is -0.337 e. The van der Waals surface area contributed by atoms with E-state index < -0.39 is 0 Å². The molecule has 0 aliphatic carbocycles. The standard InChI is InChI=1S/C21H24N4O3/c1-14(26)15-7-6-8-16(13-15)22-20(27)19-23-18(17-9-2-3-12-25(17)19)21(28)24-10-4-5-11-24/h6-8,13H,2-5,9-12H2,1H3,(H,22,27). The molecule has 146 valence electrons. The number of carbonyl (C=O) groups is 3. The monoisotopic (exact) mass is 380 g/mol. The maximum absolute atomic E-state index is 12.9. The Bertz CT molecular complexity index is 941. The van der Waals surface area contributed by atoms with Gasteiger partial charge in [-0.25, -0.2) is 4.98 Å². The summed E-state index contributed by atoms with van der Waals surface area (Å²) in [6.07, 6.45) is 4.74. The third-order valence-electron chi connectivity index (χ3n) is 5.44. The molecule has 1 aromatic heterocycles. The maximum Gasteiger partial charge on any atom is 0.291 e. The van der Waals surface area contributed by atoms with Gasteiger partial charge in [0.2, 0.25) is 0 Å². The summed E-state index contributed by atoms with van der Waals surface area (Å²) < 4.78 is 1.89. The molecule has 28 heavy (non-hydrogen) atoms. The second kappa shape index (κ2) is 7.58. The molecule has 2 aromatic rings. The van der Waals surface area contributed by atoms with Crippen LogP contribution in [0.2, 0.25) is 0 Å². The Morgan fingerprint density at radius 3 is 2.54 bits per heavy atom. The quantitative estimate of drug-likeness (QED) is 0.827. The molecule has 0 radical (unpaired) electrons. The highest BCUT2D eigenvalue weighted by molar-refractivity contribution is 6.04. The maximum atomic E-state index is 12.9. The van der Waals surface area contributed by atoms with E-state index in [1.165, 1.54) is 6.92 Å². The van der Waals surface area contributed by atoms with E-state index in [-0.39, 0.29) is 23.4 Å². The largest absolute Gasteiger partial charge is 0.337 e. The summed E-state index contributed by atoms with van der Waals surface area (Å²) in [6, 6.07) is 6.83. The predicted octanol–water partition coefficient (Wildman–Crippen LogP) is 2.91. The third-order valence-corrected chi connectivity index (χ3v) is 5.44. The van der Waals surface area contributed by atoms with Crippen molar-refractivity contribution in [2.45, 2.75) is 45.6 Å². The number of imidazole rings is 1. The third kappa shape index (κ3) is 3.44. The zero-order chi connectivity index (χ0) is 19.7. The lowest BCUT2D eigenvalue weighted by Gasteiger charge is -2.18. The van der Waals surface area contributed by atoms with Crippen LogP contribution < -0.4 is 5.32 Å². The number of aromatic nitrogens is 2. The first-order valence-corrected chi connectivity index (χ1v) is 9.85. The Morgan fingerprint density at radius 1 is 1.04 bits per heavy atom. The molecule has 0 saturated carbocycles. The predicted molar refractivity (Wildman–Crippen MR) is 105 cm³/mol. The molecule has 7 nitrogen and oxygen atoms in total. The van der Waals surface area contributed by atoms with Gasteiger partial charge in [-0.05, 0) is 51.2 Å². The van der Waals surface area contributed by atoms with E-state index in [9.17, 15) is 14.4 Å². The molecule has 2 aliphatic rings. The van der Waals surface area contributed by atoms with Crippen molar-refractivity contribution >= 4 is 23.3 Å². The first-order chi connectivity index (χ1) is 13.5. The van der Waals surface area contributed by atoms with E-state index in [4.69, 9.17) is 0 Å². The van der Waals surface area contributed by atoms with Crippen LogP contribution in [0.4, 0.5) is 5.69 Å². The Labute approximate surface area is 163 Å². The van der Waals surface area contributed by atoms with Crippen LogP contribution in [-0.2, 0) is 13.0 Å². The minimum atomic E-state index is -0.357. The number of Topliss-reactive ketones (excluding diaryl/α,β-unsaturated/α-hetero) is 1. The summed E-state index contributed by atoms with van der Waals surface area (Å²) in [5.74, 6) is -0.219. The summed E-state index contributed by atoms with van der Waals surface area (Å²) in [5, 5.41) is 2.83. The van der Waals surface area contributed by atoms with Crippen LogP contribution in [-0.4, -0.2) is 45.1 Å². The molecule has 3 heterocycles. The van der Waals surface area contributed by atoms with Gasteiger partial charge in [-0.15, -0.1) is 0 Å². The number of likely N-dealkylation sites (tertiary alicyclic amines) is 1. The van der Waals surface area contributed by atoms with E-state index in [2.05, 4.69) is 10.3 Å². The normalized spacial score (nSPS) is 16.0. The van der Waals surface area contributed by atoms with Gasteiger partial charge in [0.25, 0.3) is 11.8 Å². The highest BCUT2D eigenvalue weighted by Crippen LogP contribution is 2.24. The molecule has 4 rings (SSSR count). The van der Waals surface area contributed by atoms with Crippen molar-refractivity contribution in [2.24, 2.45) is 0 Å². The van der Waals surface area contributed by atoms with Crippen LogP contribution in [0.25, 0.3) is 0 Å². The Balaban J connectivity index is 1.63. The van der Waals surface area contributed by atoms with Gasteiger partial charge in [-0.3, -0.25) is 14.4 Å². The summed E-state index contributed by atoms with van der Waals surface area (Å²) >= 11 is 0. The van der Waals surface area contributed by atoms with Crippen molar-refractivity contribution in [3.8, 4) is 0 Å². The van der Waals surface area contributed by atoms with Crippen LogP contribution in [0.15, 0.2) is 24.3 Å². The average molecular weight is 380 g/mol. The van der Waals surface area contributed by atoms with Crippen LogP contribution in [0.3, 0.4) is 0 Å². The molecule has 2 amide bonds. The van der Waals surface area contributed by atoms with Crippen molar-refractivity contribution in [2.75, 3.05) is 18.4 Å². The molecular formula is C21H24N4O3. The summed E-state index contributed by atoms with van der Waals surface area (Å²) in [5.41, 5.74) is 2.36. The highest BCUT2D eigenvalue weighted by Gasteiger charge is 2.30. The van der Waals surface area contributed by atoms with Crippen LogP contribution in [0.1, 0.15) is 69.8 Å². The van der Waals surface area contributed by atoms with Gasteiger partial charge in [-0.1, -0.05) is 12.1 Å². The van der Waals surface area contributed by atoms with E-state index >= 15 is 0 Å². The molecule has 1 aromatic carbocycles. The van der Waals surface area contributed by atoms with Gasteiger partial charge in [0.05, 0.1) is 5.69 Å². The fraction of sp³-hybridized carbons (Fsp3) is 0.429. The highest BCUT2D eigenvalue weighted by atomic mass is 16.2.